The molecular weight excluding hydrogens is 376 g/mol. The van der Waals surface area contributed by atoms with Gasteiger partial charge in [0.15, 0.2) is 0 Å². The summed E-state index contributed by atoms with van der Waals surface area (Å²) in [6, 6.07) is 0. The first-order valence-corrected chi connectivity index (χ1v) is 13.9. The summed E-state index contributed by atoms with van der Waals surface area (Å²) in [7, 11) is 0. The molecule has 1 nitrogen and oxygen atoms in total. The van der Waals surface area contributed by atoms with E-state index >= 15 is 0 Å². The molecule has 0 radical (unpaired) electrons. The number of carbonyl (C=O) groups excluding carboxylic acids is 1. The lowest BCUT2D eigenvalue weighted by atomic mass is 9.43. The molecule has 0 unspecified atom stereocenters. The lowest BCUT2D eigenvalue weighted by molar-refractivity contribution is -0.152. The Kier molecular flexibility index (Phi) is 6.83. The Balaban J connectivity index is 1.49. The zero-order valence-electron chi connectivity index (χ0n) is 21.3. The molecule has 0 saturated heterocycles. The van der Waals surface area contributed by atoms with E-state index in [-0.39, 0.29) is 5.92 Å². The predicted octanol–water partition coefficient (Wildman–Crippen LogP) is 8.48. The van der Waals surface area contributed by atoms with Crippen LogP contribution in [0, 0.1) is 58.2 Å². The van der Waals surface area contributed by atoms with Crippen molar-refractivity contribution < 1.29 is 4.79 Å². The van der Waals surface area contributed by atoms with Gasteiger partial charge >= 0.3 is 0 Å². The maximum atomic E-state index is 12.8. The van der Waals surface area contributed by atoms with Gasteiger partial charge in [-0.2, -0.15) is 0 Å². The maximum Gasteiger partial charge on any atom is 0.136 e. The van der Waals surface area contributed by atoms with Crippen LogP contribution in [0.3, 0.4) is 0 Å². The Bertz CT molecular complexity index is 663. The largest absolute Gasteiger partial charge is 0.299 e. The van der Waals surface area contributed by atoms with Crippen LogP contribution in [0.25, 0.3) is 0 Å². The summed E-state index contributed by atoms with van der Waals surface area (Å²) in [5, 5.41) is 0. The van der Waals surface area contributed by atoms with Crippen molar-refractivity contribution in [3.05, 3.63) is 12.7 Å². The van der Waals surface area contributed by atoms with Crippen LogP contribution < -0.4 is 0 Å². The van der Waals surface area contributed by atoms with Crippen molar-refractivity contribution in [2.45, 2.75) is 112 Å². The number of ketones is 1. The zero-order valence-corrected chi connectivity index (χ0v) is 21.3. The SMILES string of the molecule is C=CC[C@H]1C(=O)CC[C@@]2(C)[C@@H]1CC[C@@H]1[C@@H]2CC[C@]2(C)[C@@H]([C@H](C)CCCC(C)C)CC[C@@H]12. The van der Waals surface area contributed by atoms with Gasteiger partial charge < -0.3 is 0 Å². The molecule has 0 N–H and O–H groups in total. The van der Waals surface area contributed by atoms with Gasteiger partial charge in [-0.3, -0.25) is 4.79 Å². The van der Waals surface area contributed by atoms with Gasteiger partial charge in [0, 0.05) is 12.3 Å². The third-order valence-electron chi connectivity index (χ3n) is 11.4. The number of carbonyl (C=O) groups is 1. The minimum absolute atomic E-state index is 0.266. The third kappa shape index (κ3) is 3.99. The molecule has 1 heteroatoms. The van der Waals surface area contributed by atoms with Crippen LogP contribution in [-0.4, -0.2) is 5.78 Å². The van der Waals surface area contributed by atoms with Crippen molar-refractivity contribution in [2.75, 3.05) is 0 Å². The highest BCUT2D eigenvalue weighted by Gasteiger charge is 2.61. The van der Waals surface area contributed by atoms with E-state index in [1.165, 1.54) is 57.8 Å². The Morgan fingerprint density at radius 1 is 0.935 bits per heavy atom. The highest BCUT2D eigenvalue weighted by molar-refractivity contribution is 5.82. The van der Waals surface area contributed by atoms with Crippen molar-refractivity contribution >= 4 is 5.78 Å². The van der Waals surface area contributed by atoms with Crippen molar-refractivity contribution in [3.63, 3.8) is 0 Å². The molecule has 0 aliphatic heterocycles. The average Bonchev–Trinajstić information content (AvgIpc) is 3.07. The van der Waals surface area contributed by atoms with Gasteiger partial charge in [-0.1, -0.05) is 60.0 Å². The monoisotopic (exact) mass is 426 g/mol. The molecule has 176 valence electrons. The molecule has 0 aromatic heterocycles. The number of fused-ring (bicyclic) bond motifs is 5. The Hall–Kier alpha value is -0.590. The van der Waals surface area contributed by atoms with Gasteiger partial charge in [0.1, 0.15) is 5.78 Å². The average molecular weight is 427 g/mol. The number of hydrogen-bond acceptors (Lipinski definition) is 1. The minimum atomic E-state index is 0.266. The van der Waals surface area contributed by atoms with E-state index in [1.807, 2.05) is 6.08 Å². The number of Topliss-reactive ketones (excluding diaryl/α,β-unsaturated/α-hetero) is 1. The molecule has 0 spiro atoms. The van der Waals surface area contributed by atoms with E-state index in [1.54, 1.807) is 0 Å². The van der Waals surface area contributed by atoms with E-state index in [4.69, 9.17) is 0 Å². The molecule has 4 fully saturated rings. The number of hydrogen-bond donors (Lipinski definition) is 0. The fraction of sp³-hybridized carbons (Fsp3) is 0.900. The summed E-state index contributed by atoms with van der Waals surface area (Å²) < 4.78 is 0. The van der Waals surface area contributed by atoms with Crippen molar-refractivity contribution in [1.82, 2.24) is 0 Å². The second-order valence-electron chi connectivity index (χ2n) is 13.2. The molecule has 0 aromatic rings. The van der Waals surface area contributed by atoms with Crippen LogP contribution in [0.15, 0.2) is 12.7 Å². The molecule has 31 heavy (non-hydrogen) atoms. The molecule has 0 bridgehead atoms. The zero-order chi connectivity index (χ0) is 22.4. The van der Waals surface area contributed by atoms with Gasteiger partial charge in [-0.25, -0.2) is 0 Å². The molecule has 4 saturated carbocycles. The molecule has 0 amide bonds. The van der Waals surface area contributed by atoms with Crippen LogP contribution >= 0.6 is 0 Å². The lowest BCUT2D eigenvalue weighted by Gasteiger charge is -2.62. The van der Waals surface area contributed by atoms with E-state index in [0.717, 1.165) is 54.8 Å². The minimum Gasteiger partial charge on any atom is -0.299 e. The second kappa shape index (κ2) is 8.98. The maximum absolute atomic E-state index is 12.8. The van der Waals surface area contributed by atoms with Gasteiger partial charge in [-0.15, -0.1) is 6.58 Å². The summed E-state index contributed by atoms with van der Waals surface area (Å²) in [5.74, 6) is 6.82. The number of allylic oxidation sites excluding steroid dienone is 1. The van der Waals surface area contributed by atoms with Crippen LogP contribution in [0.4, 0.5) is 0 Å². The highest BCUT2D eigenvalue weighted by Crippen LogP contribution is 2.68. The Labute approximate surface area is 193 Å². The van der Waals surface area contributed by atoms with Gasteiger partial charge in [-0.05, 0) is 104 Å². The summed E-state index contributed by atoms with van der Waals surface area (Å²) in [6.07, 6.45) is 17.7. The van der Waals surface area contributed by atoms with Crippen molar-refractivity contribution in [2.24, 2.45) is 58.2 Å². The van der Waals surface area contributed by atoms with Crippen LogP contribution in [-0.2, 0) is 4.79 Å². The van der Waals surface area contributed by atoms with E-state index in [2.05, 4.69) is 41.2 Å². The second-order valence-corrected chi connectivity index (χ2v) is 13.2. The molecule has 9 atom stereocenters. The van der Waals surface area contributed by atoms with E-state index in [0.29, 0.717) is 22.5 Å². The predicted molar refractivity (Wildman–Crippen MR) is 132 cm³/mol. The molecule has 0 heterocycles. The van der Waals surface area contributed by atoms with Crippen LogP contribution in [0.2, 0.25) is 0 Å². The summed E-state index contributed by atoms with van der Waals surface area (Å²) in [5.41, 5.74) is 0.972. The van der Waals surface area contributed by atoms with E-state index in [9.17, 15) is 4.79 Å². The Morgan fingerprint density at radius 2 is 1.65 bits per heavy atom. The van der Waals surface area contributed by atoms with Gasteiger partial charge in [0.2, 0.25) is 0 Å². The fourth-order valence-corrected chi connectivity index (χ4v) is 9.82. The number of rotatable bonds is 7. The first kappa shape index (κ1) is 23.6. The van der Waals surface area contributed by atoms with Crippen LogP contribution in [0.5, 0.6) is 0 Å². The molecule has 4 aliphatic rings. The lowest BCUT2D eigenvalue weighted by Crippen LogP contribution is -2.56. The van der Waals surface area contributed by atoms with Crippen molar-refractivity contribution in [1.29, 1.82) is 0 Å². The summed E-state index contributed by atoms with van der Waals surface area (Å²) >= 11 is 0. The molecular formula is C30H50O. The van der Waals surface area contributed by atoms with Gasteiger partial charge in [0.05, 0.1) is 0 Å². The smallest absolute Gasteiger partial charge is 0.136 e. The molecule has 0 aromatic carbocycles. The first-order valence-electron chi connectivity index (χ1n) is 13.9. The van der Waals surface area contributed by atoms with Crippen molar-refractivity contribution in [3.8, 4) is 0 Å². The first-order chi connectivity index (χ1) is 14.7. The summed E-state index contributed by atoms with van der Waals surface area (Å²) in [6.45, 7) is 16.6. The molecule has 4 rings (SSSR count). The normalized spacial score (nSPS) is 45.7. The quantitative estimate of drug-likeness (QED) is 0.373. The topological polar surface area (TPSA) is 17.1 Å². The summed E-state index contributed by atoms with van der Waals surface area (Å²) in [4.78, 5) is 12.8. The fourth-order valence-electron chi connectivity index (χ4n) is 9.82. The van der Waals surface area contributed by atoms with E-state index < -0.39 is 0 Å². The highest BCUT2D eigenvalue weighted by atomic mass is 16.1. The Morgan fingerprint density at radius 3 is 2.35 bits per heavy atom. The third-order valence-corrected chi connectivity index (χ3v) is 11.4. The standard InChI is InChI=1S/C30H50O/c1-7-9-23-26-13-12-22-25-15-14-24(21(4)11-8-10-20(2)3)29(25,5)18-16-27(22)30(26,6)19-17-28(23)31/h7,20-27H,1,8-19H2,2-6H3/t21-,22+,23-,24-,25+,26-,27+,29-,30+/m1/s1. The molecule has 4 aliphatic carbocycles. The van der Waals surface area contributed by atoms with Crippen LogP contribution in [0.1, 0.15) is 112 Å². The van der Waals surface area contributed by atoms with Gasteiger partial charge in [0.25, 0.3) is 0 Å².